The van der Waals surface area contributed by atoms with E-state index in [1.807, 2.05) is 36.4 Å². The molecule has 2 aromatic rings. The Hall–Kier alpha value is -3.78. The first-order valence-corrected chi connectivity index (χ1v) is 8.17. The molecule has 0 amide bonds. The molecule has 0 fully saturated rings. The zero-order chi connectivity index (χ0) is 19.4. The summed E-state index contributed by atoms with van der Waals surface area (Å²) in [5.41, 5.74) is 1.36. The van der Waals surface area contributed by atoms with Crippen molar-refractivity contribution in [1.82, 2.24) is 9.97 Å². The molecule has 8 heteroatoms. The number of hydrogen-bond acceptors (Lipinski definition) is 7. The zero-order valence-corrected chi connectivity index (χ0v) is 14.2. The van der Waals surface area contributed by atoms with Crippen molar-refractivity contribution in [1.29, 1.82) is 10.5 Å². The van der Waals surface area contributed by atoms with E-state index in [9.17, 15) is 25.2 Å². The van der Waals surface area contributed by atoms with E-state index in [0.29, 0.717) is 17.9 Å². The molecule has 0 radical (unpaired) electrons. The lowest BCUT2D eigenvalue weighted by Gasteiger charge is -2.30. The largest absolute Gasteiger partial charge is 0.481 e. The first-order valence-electron chi connectivity index (χ1n) is 8.17. The highest BCUT2D eigenvalue weighted by molar-refractivity contribution is 5.78. The molecule has 1 aromatic heterocycles. The van der Waals surface area contributed by atoms with Gasteiger partial charge >= 0.3 is 5.97 Å². The van der Waals surface area contributed by atoms with E-state index in [0.717, 1.165) is 11.1 Å². The summed E-state index contributed by atoms with van der Waals surface area (Å²) in [5, 5.41) is 27.8. The molecule has 134 valence electrons. The van der Waals surface area contributed by atoms with Crippen molar-refractivity contribution < 1.29 is 19.4 Å². The third kappa shape index (κ3) is 2.98. The van der Waals surface area contributed by atoms with E-state index < -0.39 is 11.4 Å². The van der Waals surface area contributed by atoms with Gasteiger partial charge in [-0.3, -0.25) is 9.59 Å². The molecule has 8 nitrogen and oxygen atoms in total. The highest BCUT2D eigenvalue weighted by atomic mass is 16.5. The van der Waals surface area contributed by atoms with Crippen LogP contribution in [0.2, 0.25) is 0 Å². The minimum absolute atomic E-state index is 0.0560. The van der Waals surface area contributed by atoms with Crippen LogP contribution in [0, 0.1) is 22.7 Å². The number of carbonyl (C=O) groups excluding carboxylic acids is 1. The molecule has 1 unspecified atom stereocenters. The second-order valence-electron chi connectivity index (χ2n) is 6.08. The van der Waals surface area contributed by atoms with Crippen LogP contribution in [0.25, 0.3) is 11.3 Å². The smallest absolute Gasteiger partial charge is 0.303 e. The predicted molar refractivity (Wildman–Crippen MR) is 91.2 cm³/mol. The maximum Gasteiger partial charge on any atom is 0.303 e. The molecule has 1 heterocycles. The van der Waals surface area contributed by atoms with Crippen molar-refractivity contribution in [2.45, 2.75) is 24.7 Å². The highest BCUT2D eigenvalue weighted by Gasteiger charge is 2.46. The first-order chi connectivity index (χ1) is 13.1. The molecular formula is C19H14N4O4. The maximum atomic E-state index is 11.3. The van der Waals surface area contributed by atoms with Crippen LogP contribution >= 0.6 is 0 Å². The van der Waals surface area contributed by atoms with Crippen molar-refractivity contribution in [3.63, 3.8) is 0 Å². The number of fused-ring (bicyclic) bond motifs is 3. The second-order valence-corrected chi connectivity index (χ2v) is 6.08. The lowest BCUT2D eigenvalue weighted by atomic mass is 9.74. The Bertz CT molecular complexity index is 1010. The van der Waals surface area contributed by atoms with Gasteiger partial charge in [0.05, 0.1) is 18.0 Å². The Labute approximate surface area is 154 Å². The maximum absolute atomic E-state index is 11.3. The number of nitriles is 2. The molecule has 0 spiro atoms. The number of aliphatic carboxylic acids is 1. The molecule has 1 N–H and O–H groups in total. The van der Waals surface area contributed by atoms with Crippen LogP contribution in [0.5, 0.6) is 0 Å². The molecule has 3 rings (SSSR count). The van der Waals surface area contributed by atoms with Gasteiger partial charge in [-0.25, -0.2) is 9.97 Å². The van der Waals surface area contributed by atoms with E-state index in [1.54, 1.807) is 0 Å². The van der Waals surface area contributed by atoms with Crippen LogP contribution in [0.3, 0.4) is 0 Å². The summed E-state index contributed by atoms with van der Waals surface area (Å²) in [5.74, 6) is -0.973. The Morgan fingerprint density at radius 1 is 1.19 bits per heavy atom. The molecule has 1 aliphatic carbocycles. The normalized spacial score (nSPS) is 16.5. The SMILES string of the molecule is N#Cc1nc2c(nc1C#N)C(CCOC=O)(CCC(=O)O)c1ccccc1-2. The van der Waals surface area contributed by atoms with Gasteiger partial charge in [-0.05, 0) is 18.4 Å². The predicted octanol–water partition coefficient (Wildman–Crippen LogP) is 1.91. The number of nitrogens with zero attached hydrogens (tertiary/aromatic N) is 4. The van der Waals surface area contributed by atoms with Crippen LogP contribution in [0.4, 0.5) is 0 Å². The summed E-state index contributed by atoms with van der Waals surface area (Å²) in [6, 6.07) is 11.0. The fraction of sp³-hybridized carbons (Fsp3) is 0.263. The monoisotopic (exact) mass is 362 g/mol. The summed E-state index contributed by atoms with van der Waals surface area (Å²) in [4.78, 5) is 30.6. The van der Waals surface area contributed by atoms with Gasteiger partial charge in [-0.1, -0.05) is 24.3 Å². The van der Waals surface area contributed by atoms with Crippen molar-refractivity contribution in [2.24, 2.45) is 0 Å². The van der Waals surface area contributed by atoms with Crippen LogP contribution in [0.1, 0.15) is 41.9 Å². The topological polar surface area (TPSA) is 137 Å². The minimum atomic E-state index is -0.973. The van der Waals surface area contributed by atoms with E-state index in [4.69, 9.17) is 4.74 Å². The number of aromatic nitrogens is 2. The highest BCUT2D eigenvalue weighted by Crippen LogP contribution is 2.51. The van der Waals surface area contributed by atoms with Crippen molar-refractivity contribution in [2.75, 3.05) is 6.61 Å². The molecule has 0 aliphatic heterocycles. The summed E-state index contributed by atoms with van der Waals surface area (Å²) in [6.45, 7) is 0.387. The third-order valence-electron chi connectivity index (χ3n) is 4.74. The molecule has 27 heavy (non-hydrogen) atoms. The Kier molecular flexibility index (Phi) is 4.82. The molecule has 1 aromatic carbocycles. The number of carboxylic acid groups (broad SMARTS) is 1. The van der Waals surface area contributed by atoms with Crippen LogP contribution in [-0.4, -0.2) is 34.1 Å². The van der Waals surface area contributed by atoms with Crippen LogP contribution in [0.15, 0.2) is 24.3 Å². The van der Waals surface area contributed by atoms with Crippen molar-refractivity contribution in [3.8, 4) is 23.4 Å². The molecular weight excluding hydrogens is 348 g/mol. The molecule has 0 bridgehead atoms. The number of rotatable bonds is 7. The fourth-order valence-corrected chi connectivity index (χ4v) is 3.58. The first kappa shape index (κ1) is 18.0. The Morgan fingerprint density at radius 3 is 2.56 bits per heavy atom. The lowest BCUT2D eigenvalue weighted by Crippen LogP contribution is -2.30. The Morgan fingerprint density at radius 2 is 1.89 bits per heavy atom. The molecule has 0 saturated heterocycles. The van der Waals surface area contributed by atoms with Gasteiger partial charge in [0.15, 0.2) is 11.4 Å². The molecule has 1 atom stereocenters. The van der Waals surface area contributed by atoms with E-state index >= 15 is 0 Å². The molecule has 0 saturated carbocycles. The number of benzene rings is 1. The number of carbonyl (C=O) groups is 2. The minimum Gasteiger partial charge on any atom is -0.481 e. The van der Waals surface area contributed by atoms with Crippen LogP contribution in [-0.2, 0) is 19.7 Å². The molecule has 1 aliphatic rings. The fourth-order valence-electron chi connectivity index (χ4n) is 3.58. The van der Waals surface area contributed by atoms with E-state index in [-0.39, 0.29) is 37.3 Å². The van der Waals surface area contributed by atoms with Gasteiger partial charge in [0.1, 0.15) is 12.1 Å². The zero-order valence-electron chi connectivity index (χ0n) is 14.2. The van der Waals surface area contributed by atoms with Gasteiger partial charge in [-0.15, -0.1) is 0 Å². The lowest BCUT2D eigenvalue weighted by molar-refractivity contribution is -0.137. The summed E-state index contributed by atoms with van der Waals surface area (Å²) in [6.07, 6.45) is 0.340. The quantitative estimate of drug-likeness (QED) is 0.582. The third-order valence-corrected chi connectivity index (χ3v) is 4.74. The number of hydrogen-bond donors (Lipinski definition) is 1. The standard InChI is InChI=1S/C19H14N4O4/c20-9-14-15(10-21)23-18-17(22-14)12-3-1-2-4-13(12)19(18,6-5-16(25)26)7-8-27-11-24/h1-4,11H,5-8H2,(H,25,26). The van der Waals surface area contributed by atoms with E-state index in [1.165, 1.54) is 0 Å². The average molecular weight is 362 g/mol. The van der Waals surface area contributed by atoms with Gasteiger partial charge in [-0.2, -0.15) is 10.5 Å². The van der Waals surface area contributed by atoms with Crippen LogP contribution < -0.4 is 0 Å². The average Bonchev–Trinajstić information content (AvgIpc) is 2.95. The summed E-state index contributed by atoms with van der Waals surface area (Å²) in [7, 11) is 0. The van der Waals surface area contributed by atoms with Crippen molar-refractivity contribution in [3.05, 3.63) is 46.9 Å². The number of carboxylic acids is 1. The van der Waals surface area contributed by atoms with Gasteiger partial charge in [0.25, 0.3) is 6.47 Å². The summed E-state index contributed by atoms with van der Waals surface area (Å²) < 4.78 is 4.87. The van der Waals surface area contributed by atoms with Crippen molar-refractivity contribution >= 4 is 12.4 Å². The second kappa shape index (κ2) is 7.22. The van der Waals surface area contributed by atoms with Gasteiger partial charge < -0.3 is 9.84 Å². The summed E-state index contributed by atoms with van der Waals surface area (Å²) >= 11 is 0. The van der Waals surface area contributed by atoms with Gasteiger partial charge in [0.2, 0.25) is 0 Å². The van der Waals surface area contributed by atoms with Gasteiger partial charge in [0, 0.05) is 17.4 Å². The number of ether oxygens (including phenoxy) is 1. The van der Waals surface area contributed by atoms with E-state index in [2.05, 4.69) is 9.97 Å². The Balaban J connectivity index is 2.26.